The number of amides is 1. The molecule has 0 fully saturated rings. The molecule has 3 aromatic carbocycles. The van der Waals surface area contributed by atoms with Gasteiger partial charge in [-0.15, -0.1) is 0 Å². The van der Waals surface area contributed by atoms with Crippen LogP contribution in [0.4, 0.5) is 0 Å². The number of hydrogen-bond acceptors (Lipinski definition) is 5. The molecule has 0 aliphatic carbocycles. The van der Waals surface area contributed by atoms with Gasteiger partial charge in [0.05, 0.1) is 18.3 Å². The molecule has 0 saturated heterocycles. The summed E-state index contributed by atoms with van der Waals surface area (Å²) in [5.41, 5.74) is 5.84. The van der Waals surface area contributed by atoms with Gasteiger partial charge in [0.2, 0.25) is 0 Å². The summed E-state index contributed by atoms with van der Waals surface area (Å²) >= 11 is 6.34. The predicted octanol–water partition coefficient (Wildman–Crippen LogP) is 5.56. The van der Waals surface area contributed by atoms with Crippen LogP contribution in [0.25, 0.3) is 0 Å². The number of carbonyl (C=O) groups excluding carboxylic acids is 1. The number of benzene rings is 3. The Balaban J connectivity index is 1.58. The van der Waals surface area contributed by atoms with Crippen LogP contribution < -0.4 is 19.6 Å². The van der Waals surface area contributed by atoms with Crippen LogP contribution in [-0.2, 0) is 6.61 Å². The molecule has 7 heteroatoms. The average Bonchev–Trinajstić information content (AvgIpc) is 2.83. The van der Waals surface area contributed by atoms with Gasteiger partial charge in [-0.1, -0.05) is 54.1 Å². The zero-order valence-electron chi connectivity index (χ0n) is 18.5. The fraction of sp³-hybridized carbons (Fsp3) is 0.154. The van der Waals surface area contributed by atoms with Crippen molar-refractivity contribution in [3.63, 3.8) is 0 Å². The number of aryl methyl sites for hydroxylation is 1. The SMILES string of the molecule is C=CCOc1ccc(C(=O)N/N=C/c2ccc(OCc3ccc(C)cc3)c(Cl)c2)cc1OC. The van der Waals surface area contributed by atoms with Gasteiger partial charge in [0, 0.05) is 5.56 Å². The van der Waals surface area contributed by atoms with Crippen molar-refractivity contribution in [2.45, 2.75) is 13.5 Å². The summed E-state index contributed by atoms with van der Waals surface area (Å²) in [7, 11) is 1.51. The van der Waals surface area contributed by atoms with Crippen molar-refractivity contribution in [3.8, 4) is 17.2 Å². The van der Waals surface area contributed by atoms with Gasteiger partial charge in [-0.25, -0.2) is 5.43 Å². The Labute approximate surface area is 198 Å². The fourth-order valence-corrected chi connectivity index (χ4v) is 3.11. The van der Waals surface area contributed by atoms with Gasteiger partial charge >= 0.3 is 0 Å². The molecule has 0 bridgehead atoms. The van der Waals surface area contributed by atoms with E-state index in [2.05, 4.69) is 17.1 Å². The van der Waals surface area contributed by atoms with Crippen molar-refractivity contribution >= 4 is 23.7 Å². The van der Waals surface area contributed by atoms with Crippen LogP contribution in [0.1, 0.15) is 27.0 Å². The number of halogens is 1. The maximum atomic E-state index is 12.4. The largest absolute Gasteiger partial charge is 0.493 e. The molecule has 3 rings (SSSR count). The first kappa shape index (κ1) is 23.9. The number of hydrogen-bond donors (Lipinski definition) is 1. The van der Waals surface area contributed by atoms with E-state index in [-0.39, 0.29) is 5.91 Å². The van der Waals surface area contributed by atoms with E-state index in [1.807, 2.05) is 31.2 Å². The van der Waals surface area contributed by atoms with Gasteiger partial charge in [-0.3, -0.25) is 4.79 Å². The molecule has 3 aromatic rings. The normalized spacial score (nSPS) is 10.6. The highest BCUT2D eigenvalue weighted by Crippen LogP contribution is 2.28. The molecule has 1 N–H and O–H groups in total. The lowest BCUT2D eigenvalue weighted by molar-refractivity contribution is 0.0954. The topological polar surface area (TPSA) is 69.2 Å². The van der Waals surface area contributed by atoms with Crippen LogP contribution in [-0.4, -0.2) is 25.8 Å². The predicted molar refractivity (Wildman–Crippen MR) is 131 cm³/mol. The van der Waals surface area contributed by atoms with E-state index in [0.29, 0.717) is 46.6 Å². The van der Waals surface area contributed by atoms with E-state index in [0.717, 1.165) is 5.56 Å². The van der Waals surface area contributed by atoms with Crippen molar-refractivity contribution in [2.24, 2.45) is 5.10 Å². The summed E-state index contributed by atoms with van der Waals surface area (Å²) in [5.74, 6) is 1.16. The molecule has 0 atom stereocenters. The van der Waals surface area contributed by atoms with Gasteiger partial charge in [-0.2, -0.15) is 5.10 Å². The summed E-state index contributed by atoms with van der Waals surface area (Å²) < 4.78 is 16.6. The second-order valence-corrected chi connectivity index (χ2v) is 7.54. The van der Waals surface area contributed by atoms with Crippen molar-refractivity contribution in [2.75, 3.05) is 13.7 Å². The minimum absolute atomic E-state index is 0.338. The zero-order chi connectivity index (χ0) is 23.6. The van der Waals surface area contributed by atoms with Crippen molar-refractivity contribution < 1.29 is 19.0 Å². The maximum Gasteiger partial charge on any atom is 0.271 e. The third kappa shape index (κ3) is 6.85. The number of nitrogens with zero attached hydrogens (tertiary/aromatic N) is 1. The second kappa shape index (κ2) is 11.7. The highest BCUT2D eigenvalue weighted by atomic mass is 35.5. The van der Waals surface area contributed by atoms with Crippen molar-refractivity contribution in [3.05, 3.63) is 101 Å². The standard InChI is InChI=1S/C26H25ClN2O4/c1-4-13-32-24-12-10-21(15-25(24)31-3)26(30)29-28-16-20-9-11-23(22(27)14-20)33-17-19-7-5-18(2)6-8-19/h4-12,14-16H,1,13,17H2,2-3H3,(H,29,30)/b28-16+. The number of rotatable bonds is 10. The monoisotopic (exact) mass is 464 g/mol. The lowest BCUT2D eigenvalue weighted by Crippen LogP contribution is -2.17. The minimum Gasteiger partial charge on any atom is -0.493 e. The van der Waals surface area contributed by atoms with Gasteiger partial charge in [0.15, 0.2) is 11.5 Å². The maximum absolute atomic E-state index is 12.4. The molecule has 6 nitrogen and oxygen atoms in total. The van der Waals surface area contributed by atoms with Gasteiger partial charge in [0.1, 0.15) is 19.0 Å². The molecule has 0 radical (unpaired) electrons. The first-order chi connectivity index (χ1) is 16.0. The first-order valence-corrected chi connectivity index (χ1v) is 10.6. The zero-order valence-corrected chi connectivity index (χ0v) is 19.3. The lowest BCUT2D eigenvalue weighted by Gasteiger charge is -2.10. The molecule has 0 aromatic heterocycles. The molecule has 0 spiro atoms. The van der Waals surface area contributed by atoms with E-state index >= 15 is 0 Å². The highest BCUT2D eigenvalue weighted by Gasteiger charge is 2.10. The summed E-state index contributed by atoms with van der Waals surface area (Å²) in [6.07, 6.45) is 3.13. The van der Waals surface area contributed by atoms with Crippen LogP contribution in [0.5, 0.6) is 17.2 Å². The molecule has 0 saturated carbocycles. The molecule has 0 aliphatic rings. The number of methoxy groups -OCH3 is 1. The third-order valence-electron chi connectivity index (χ3n) is 4.63. The number of ether oxygens (including phenoxy) is 3. The Morgan fingerprint density at radius 3 is 2.48 bits per heavy atom. The molecule has 1 amide bonds. The van der Waals surface area contributed by atoms with Crippen LogP contribution in [0.3, 0.4) is 0 Å². The second-order valence-electron chi connectivity index (χ2n) is 7.13. The Morgan fingerprint density at radius 1 is 1.03 bits per heavy atom. The van der Waals surface area contributed by atoms with Crippen LogP contribution in [0.2, 0.25) is 5.02 Å². The number of carbonyl (C=O) groups is 1. The van der Waals surface area contributed by atoms with Crippen LogP contribution in [0, 0.1) is 6.92 Å². The van der Waals surface area contributed by atoms with Crippen LogP contribution >= 0.6 is 11.6 Å². The van der Waals surface area contributed by atoms with Gasteiger partial charge in [0.25, 0.3) is 5.91 Å². The number of hydrazone groups is 1. The molecule has 0 heterocycles. The summed E-state index contributed by atoms with van der Waals surface area (Å²) in [6, 6.07) is 18.3. The quantitative estimate of drug-likeness (QED) is 0.242. The summed E-state index contributed by atoms with van der Waals surface area (Å²) in [5, 5.41) is 4.46. The van der Waals surface area contributed by atoms with Crippen LogP contribution in [0.15, 0.2) is 78.4 Å². The van der Waals surface area contributed by atoms with E-state index in [9.17, 15) is 4.79 Å². The number of nitrogens with one attached hydrogen (secondary N) is 1. The van der Waals surface area contributed by atoms with Crippen molar-refractivity contribution in [1.82, 2.24) is 5.43 Å². The fourth-order valence-electron chi connectivity index (χ4n) is 2.87. The Bertz CT molecular complexity index is 1140. The third-order valence-corrected chi connectivity index (χ3v) is 4.93. The minimum atomic E-state index is -0.385. The lowest BCUT2D eigenvalue weighted by atomic mass is 10.2. The molecular formula is C26H25ClN2O4. The van der Waals surface area contributed by atoms with Gasteiger partial charge < -0.3 is 14.2 Å². The van der Waals surface area contributed by atoms with E-state index in [1.165, 1.54) is 18.9 Å². The van der Waals surface area contributed by atoms with Gasteiger partial charge in [-0.05, 0) is 54.4 Å². The Kier molecular flexibility index (Phi) is 8.49. The van der Waals surface area contributed by atoms with E-state index < -0.39 is 0 Å². The smallest absolute Gasteiger partial charge is 0.271 e. The summed E-state index contributed by atoms with van der Waals surface area (Å²) in [4.78, 5) is 12.4. The van der Waals surface area contributed by atoms with Crippen molar-refractivity contribution in [1.29, 1.82) is 0 Å². The van der Waals surface area contributed by atoms with E-state index in [1.54, 1.807) is 42.5 Å². The molecule has 170 valence electrons. The average molecular weight is 465 g/mol. The molecule has 0 aliphatic heterocycles. The first-order valence-electron chi connectivity index (χ1n) is 10.2. The molecule has 33 heavy (non-hydrogen) atoms. The van der Waals surface area contributed by atoms with E-state index in [4.69, 9.17) is 25.8 Å². The summed E-state index contributed by atoms with van der Waals surface area (Å²) in [6.45, 7) is 6.41. The molecular weight excluding hydrogens is 440 g/mol. The molecule has 0 unspecified atom stereocenters. The Hall–Kier alpha value is -3.77. The highest BCUT2D eigenvalue weighted by molar-refractivity contribution is 6.32. The Morgan fingerprint density at radius 2 is 1.79 bits per heavy atom.